The molecule has 3 aromatic rings. The number of ether oxygens (including phenoxy) is 1. The lowest BCUT2D eigenvalue weighted by Gasteiger charge is -2.08. The number of carboxylic acids is 1. The summed E-state index contributed by atoms with van der Waals surface area (Å²) in [6, 6.07) is 8.14. The molecule has 0 atom stereocenters. The van der Waals surface area contributed by atoms with Gasteiger partial charge in [0.05, 0.1) is 6.61 Å². The van der Waals surface area contributed by atoms with E-state index in [9.17, 15) is 18.7 Å². The maximum atomic E-state index is 14.3. The van der Waals surface area contributed by atoms with E-state index in [1.54, 1.807) is 6.92 Å². The van der Waals surface area contributed by atoms with Crippen LogP contribution in [0.25, 0.3) is 21.2 Å². The normalized spacial score (nSPS) is 10.9. The zero-order valence-electron chi connectivity index (χ0n) is 12.1. The van der Waals surface area contributed by atoms with Crippen LogP contribution in [0, 0.1) is 11.6 Å². The number of carbonyl (C=O) groups is 1. The standard InChI is InChI=1S/C17H12F2O3S/c1-2-22-10-4-6-13(19)12(8-10)15-11-5-3-9(18)7-14(11)23-16(15)17(20)21/h3-8H,2H2,1H3,(H,20,21). The van der Waals surface area contributed by atoms with Crippen LogP contribution in [0.5, 0.6) is 5.75 Å². The van der Waals surface area contributed by atoms with Crippen LogP contribution in [-0.2, 0) is 0 Å². The van der Waals surface area contributed by atoms with Crippen molar-refractivity contribution in [2.45, 2.75) is 6.92 Å². The average molecular weight is 334 g/mol. The molecule has 0 aliphatic carbocycles. The van der Waals surface area contributed by atoms with Crippen molar-refractivity contribution in [2.24, 2.45) is 0 Å². The van der Waals surface area contributed by atoms with Crippen LogP contribution in [0.15, 0.2) is 36.4 Å². The fourth-order valence-corrected chi connectivity index (χ4v) is 3.52. The Kier molecular flexibility index (Phi) is 4.00. The van der Waals surface area contributed by atoms with Crippen molar-refractivity contribution in [2.75, 3.05) is 6.61 Å². The molecule has 2 aromatic carbocycles. The number of benzene rings is 2. The van der Waals surface area contributed by atoms with Crippen LogP contribution in [0.1, 0.15) is 16.6 Å². The van der Waals surface area contributed by atoms with Crippen LogP contribution in [0.3, 0.4) is 0 Å². The smallest absolute Gasteiger partial charge is 0.346 e. The molecule has 0 fully saturated rings. The summed E-state index contributed by atoms with van der Waals surface area (Å²) in [7, 11) is 0. The maximum absolute atomic E-state index is 14.3. The Morgan fingerprint density at radius 1 is 1.22 bits per heavy atom. The number of hydrogen-bond acceptors (Lipinski definition) is 3. The van der Waals surface area contributed by atoms with E-state index in [4.69, 9.17) is 4.74 Å². The molecule has 23 heavy (non-hydrogen) atoms. The van der Waals surface area contributed by atoms with Gasteiger partial charge in [0.1, 0.15) is 22.3 Å². The van der Waals surface area contributed by atoms with Gasteiger partial charge in [-0.05, 0) is 43.3 Å². The fraction of sp³-hybridized carbons (Fsp3) is 0.118. The summed E-state index contributed by atoms with van der Waals surface area (Å²) in [6.07, 6.45) is 0. The molecule has 0 saturated carbocycles. The second kappa shape index (κ2) is 5.96. The van der Waals surface area contributed by atoms with Crippen molar-refractivity contribution >= 4 is 27.4 Å². The van der Waals surface area contributed by atoms with Crippen molar-refractivity contribution in [3.05, 3.63) is 52.9 Å². The van der Waals surface area contributed by atoms with Gasteiger partial charge in [-0.1, -0.05) is 0 Å². The molecule has 0 amide bonds. The number of fused-ring (bicyclic) bond motifs is 1. The first-order valence-corrected chi connectivity index (χ1v) is 7.71. The van der Waals surface area contributed by atoms with E-state index in [2.05, 4.69) is 0 Å². The van der Waals surface area contributed by atoms with Crippen molar-refractivity contribution in [1.29, 1.82) is 0 Å². The summed E-state index contributed by atoms with van der Waals surface area (Å²) in [5.41, 5.74) is 0.378. The van der Waals surface area contributed by atoms with E-state index in [-0.39, 0.29) is 16.0 Å². The number of aromatic carboxylic acids is 1. The van der Waals surface area contributed by atoms with Crippen LogP contribution in [0.2, 0.25) is 0 Å². The van der Waals surface area contributed by atoms with Crippen molar-refractivity contribution in [3.63, 3.8) is 0 Å². The van der Waals surface area contributed by atoms with Gasteiger partial charge in [0.2, 0.25) is 0 Å². The van der Waals surface area contributed by atoms with E-state index in [1.807, 2.05) is 0 Å². The molecule has 0 saturated heterocycles. The van der Waals surface area contributed by atoms with Crippen LogP contribution in [0.4, 0.5) is 8.78 Å². The lowest BCUT2D eigenvalue weighted by atomic mass is 10.0. The average Bonchev–Trinajstić information content (AvgIpc) is 2.88. The summed E-state index contributed by atoms with van der Waals surface area (Å²) >= 11 is 0.922. The summed E-state index contributed by atoms with van der Waals surface area (Å²) in [4.78, 5) is 11.5. The highest BCUT2D eigenvalue weighted by Gasteiger charge is 2.22. The van der Waals surface area contributed by atoms with Crippen molar-refractivity contribution < 1.29 is 23.4 Å². The first-order chi connectivity index (χ1) is 11.0. The SMILES string of the molecule is CCOc1ccc(F)c(-c2c(C(=O)O)sc3cc(F)ccc23)c1. The highest BCUT2D eigenvalue weighted by atomic mass is 32.1. The molecule has 0 bridgehead atoms. The van der Waals surface area contributed by atoms with E-state index in [0.29, 0.717) is 22.4 Å². The molecular weight excluding hydrogens is 322 g/mol. The molecule has 118 valence electrons. The van der Waals surface area contributed by atoms with Gasteiger partial charge in [0, 0.05) is 21.2 Å². The lowest BCUT2D eigenvalue weighted by Crippen LogP contribution is -1.97. The third-order valence-corrected chi connectivity index (χ3v) is 4.51. The topological polar surface area (TPSA) is 46.5 Å². The monoisotopic (exact) mass is 334 g/mol. The first-order valence-electron chi connectivity index (χ1n) is 6.89. The Morgan fingerprint density at radius 3 is 2.70 bits per heavy atom. The molecule has 3 rings (SSSR count). The quantitative estimate of drug-likeness (QED) is 0.735. The predicted octanol–water partition coefficient (Wildman–Crippen LogP) is 4.94. The molecule has 0 aliphatic rings. The van der Waals surface area contributed by atoms with Gasteiger partial charge in [-0.15, -0.1) is 11.3 Å². The highest BCUT2D eigenvalue weighted by Crippen LogP contribution is 2.41. The maximum Gasteiger partial charge on any atom is 0.346 e. The number of rotatable bonds is 4. The molecule has 1 aromatic heterocycles. The second-order valence-electron chi connectivity index (χ2n) is 4.83. The number of thiophene rings is 1. The molecule has 1 heterocycles. The Morgan fingerprint density at radius 2 is 2.00 bits per heavy atom. The van der Waals surface area contributed by atoms with Gasteiger partial charge in [-0.25, -0.2) is 13.6 Å². The van der Waals surface area contributed by atoms with Crippen LogP contribution in [-0.4, -0.2) is 17.7 Å². The number of carboxylic acid groups (broad SMARTS) is 1. The zero-order chi connectivity index (χ0) is 16.6. The van der Waals surface area contributed by atoms with Gasteiger partial charge in [-0.3, -0.25) is 0 Å². The van der Waals surface area contributed by atoms with Gasteiger partial charge < -0.3 is 9.84 Å². The summed E-state index contributed by atoms with van der Waals surface area (Å²) < 4.78 is 33.5. The van der Waals surface area contributed by atoms with E-state index in [0.717, 1.165) is 11.3 Å². The summed E-state index contributed by atoms with van der Waals surface area (Å²) in [5, 5.41) is 9.93. The van der Waals surface area contributed by atoms with Crippen molar-refractivity contribution in [3.8, 4) is 16.9 Å². The van der Waals surface area contributed by atoms with Gasteiger partial charge >= 0.3 is 5.97 Å². The molecule has 0 unspecified atom stereocenters. The van der Waals surface area contributed by atoms with Gasteiger partial charge in [0.25, 0.3) is 0 Å². The minimum Gasteiger partial charge on any atom is -0.494 e. The molecule has 6 heteroatoms. The zero-order valence-corrected chi connectivity index (χ0v) is 12.9. The fourth-order valence-electron chi connectivity index (χ4n) is 2.44. The van der Waals surface area contributed by atoms with E-state index in [1.165, 1.54) is 36.4 Å². The largest absolute Gasteiger partial charge is 0.494 e. The molecule has 0 spiro atoms. The minimum atomic E-state index is -1.18. The Balaban J connectivity index is 2.32. The third kappa shape index (κ3) is 2.77. The van der Waals surface area contributed by atoms with Gasteiger partial charge in [-0.2, -0.15) is 0 Å². The highest BCUT2D eigenvalue weighted by molar-refractivity contribution is 7.21. The lowest BCUT2D eigenvalue weighted by molar-refractivity contribution is 0.0703. The van der Waals surface area contributed by atoms with Gasteiger partial charge in [0.15, 0.2) is 0 Å². The Hall–Kier alpha value is -2.47. The van der Waals surface area contributed by atoms with Crippen LogP contribution < -0.4 is 4.74 Å². The van der Waals surface area contributed by atoms with E-state index < -0.39 is 17.6 Å². The molecule has 1 N–H and O–H groups in total. The number of hydrogen-bond donors (Lipinski definition) is 1. The molecule has 0 radical (unpaired) electrons. The van der Waals surface area contributed by atoms with Crippen molar-refractivity contribution in [1.82, 2.24) is 0 Å². The third-order valence-electron chi connectivity index (χ3n) is 3.36. The van der Waals surface area contributed by atoms with Crippen LogP contribution >= 0.6 is 11.3 Å². The summed E-state index contributed by atoms with van der Waals surface area (Å²) in [6.45, 7) is 2.21. The molecular formula is C17H12F2O3S. The molecule has 0 aliphatic heterocycles. The summed E-state index contributed by atoms with van der Waals surface area (Å²) in [5.74, 6) is -1.75. The predicted molar refractivity (Wildman–Crippen MR) is 85.3 cm³/mol. The number of halogens is 2. The Bertz CT molecular complexity index is 902. The molecule has 3 nitrogen and oxygen atoms in total. The Labute approximate surface area is 134 Å². The second-order valence-corrected chi connectivity index (χ2v) is 5.88. The van der Waals surface area contributed by atoms with E-state index >= 15 is 0 Å². The first kappa shape index (κ1) is 15.4. The minimum absolute atomic E-state index is 0.0295.